The summed E-state index contributed by atoms with van der Waals surface area (Å²) in [6, 6.07) is 2.07. The number of hydrogen-bond acceptors (Lipinski definition) is 7. The van der Waals surface area contributed by atoms with Crippen LogP contribution >= 0.6 is 11.8 Å². The first kappa shape index (κ1) is 16.0. The van der Waals surface area contributed by atoms with Gasteiger partial charge in [-0.1, -0.05) is 0 Å². The van der Waals surface area contributed by atoms with Crippen LogP contribution in [0.2, 0.25) is 0 Å². The molecule has 0 bridgehead atoms. The quantitative estimate of drug-likeness (QED) is 0.471. The highest BCUT2D eigenvalue weighted by atomic mass is 32.2. The highest BCUT2D eigenvalue weighted by Crippen LogP contribution is 2.36. The number of benzene rings is 1. The largest absolute Gasteiger partial charge is 0.481 e. The minimum atomic E-state index is -2.38. The Kier molecular flexibility index (Phi) is 5.16. The van der Waals surface area contributed by atoms with Crippen molar-refractivity contribution in [3.8, 4) is 0 Å². The molecule has 1 rings (SSSR count). The molecule has 1 atom stereocenters. The summed E-state index contributed by atoms with van der Waals surface area (Å²) in [6.45, 7) is 0. The summed E-state index contributed by atoms with van der Waals surface area (Å²) in [4.78, 5) is 30.2. The molecule has 0 spiro atoms. The van der Waals surface area contributed by atoms with E-state index in [9.17, 15) is 29.2 Å². The maximum absolute atomic E-state index is 11.8. The van der Waals surface area contributed by atoms with Gasteiger partial charge in [-0.15, -0.1) is 11.8 Å². The van der Waals surface area contributed by atoms with E-state index in [0.29, 0.717) is 0 Å². The molecule has 1 unspecified atom stereocenters. The van der Waals surface area contributed by atoms with Crippen molar-refractivity contribution in [1.82, 2.24) is 0 Å². The van der Waals surface area contributed by atoms with E-state index >= 15 is 0 Å². The average molecular weight is 320 g/mol. The molecule has 11 heteroatoms. The standard InChI is InChI=1S/C9H8N2O7S2/c1-19-5-2-6(10(14)15)9(7(3-5)11(16)17)20(18)4-8(12)13/h2-3H,4H2,1H3,(H,12,13). The van der Waals surface area contributed by atoms with Gasteiger partial charge in [0.15, 0.2) is 4.90 Å². The molecule has 0 aromatic heterocycles. The van der Waals surface area contributed by atoms with Gasteiger partial charge in [0.25, 0.3) is 11.4 Å². The highest BCUT2D eigenvalue weighted by molar-refractivity contribution is 7.98. The van der Waals surface area contributed by atoms with Gasteiger partial charge in [0.2, 0.25) is 0 Å². The minimum absolute atomic E-state index is 0.250. The molecule has 0 radical (unpaired) electrons. The molecule has 0 heterocycles. The summed E-state index contributed by atoms with van der Waals surface area (Å²) < 4.78 is 11.8. The molecule has 0 aliphatic carbocycles. The fraction of sp³-hybridized carbons (Fsp3) is 0.222. The first-order valence-electron chi connectivity index (χ1n) is 4.89. The number of aliphatic carboxylic acids is 1. The first-order chi connectivity index (χ1) is 9.27. The SMILES string of the molecule is CSc1cc([N+](=O)[O-])c(S(=O)CC(=O)O)c([N+](=O)[O-])c1. The van der Waals surface area contributed by atoms with Crippen molar-refractivity contribution in [2.45, 2.75) is 9.79 Å². The highest BCUT2D eigenvalue weighted by Gasteiger charge is 2.32. The van der Waals surface area contributed by atoms with Crippen LogP contribution in [0.25, 0.3) is 0 Å². The van der Waals surface area contributed by atoms with Gasteiger partial charge in [-0.3, -0.25) is 29.2 Å². The Morgan fingerprint density at radius 1 is 1.30 bits per heavy atom. The van der Waals surface area contributed by atoms with E-state index in [2.05, 4.69) is 0 Å². The molecular weight excluding hydrogens is 312 g/mol. The van der Waals surface area contributed by atoms with Crippen LogP contribution in [0, 0.1) is 20.2 Å². The van der Waals surface area contributed by atoms with Crippen molar-refractivity contribution in [1.29, 1.82) is 0 Å². The van der Waals surface area contributed by atoms with Crippen LogP contribution in [0.1, 0.15) is 0 Å². The van der Waals surface area contributed by atoms with Crippen molar-refractivity contribution in [3.05, 3.63) is 32.4 Å². The Bertz CT molecular complexity index is 581. The number of carboxylic acid groups (broad SMARTS) is 1. The lowest BCUT2D eigenvalue weighted by atomic mass is 10.3. The van der Waals surface area contributed by atoms with Crippen LogP contribution in [0.5, 0.6) is 0 Å². The molecule has 1 aromatic carbocycles. The molecule has 0 aliphatic rings. The minimum Gasteiger partial charge on any atom is -0.481 e. The third kappa shape index (κ3) is 3.51. The van der Waals surface area contributed by atoms with Crippen LogP contribution in [0.3, 0.4) is 0 Å². The Morgan fingerprint density at radius 3 is 2.05 bits per heavy atom. The lowest BCUT2D eigenvalue weighted by Crippen LogP contribution is -2.12. The Morgan fingerprint density at radius 2 is 1.75 bits per heavy atom. The zero-order valence-electron chi connectivity index (χ0n) is 9.97. The lowest BCUT2D eigenvalue weighted by molar-refractivity contribution is -0.400. The van der Waals surface area contributed by atoms with Crippen LogP contribution in [-0.4, -0.2) is 37.1 Å². The fourth-order valence-corrected chi connectivity index (χ4v) is 2.94. The van der Waals surface area contributed by atoms with Crippen LogP contribution in [0.15, 0.2) is 21.9 Å². The van der Waals surface area contributed by atoms with E-state index in [1.165, 1.54) is 0 Å². The van der Waals surface area contributed by atoms with Crippen molar-refractivity contribution >= 4 is 39.9 Å². The van der Waals surface area contributed by atoms with Gasteiger partial charge in [0.05, 0.1) is 20.6 Å². The van der Waals surface area contributed by atoms with E-state index in [1.54, 1.807) is 6.26 Å². The van der Waals surface area contributed by atoms with Gasteiger partial charge in [-0.2, -0.15) is 0 Å². The van der Waals surface area contributed by atoms with Crippen molar-refractivity contribution < 1.29 is 24.0 Å². The van der Waals surface area contributed by atoms with E-state index in [4.69, 9.17) is 5.11 Å². The van der Waals surface area contributed by atoms with Crippen molar-refractivity contribution in [2.75, 3.05) is 12.0 Å². The maximum Gasteiger partial charge on any atom is 0.316 e. The second-order valence-corrected chi connectivity index (χ2v) is 5.66. The Hall–Kier alpha value is -2.01. The van der Waals surface area contributed by atoms with Gasteiger partial charge >= 0.3 is 5.97 Å². The van der Waals surface area contributed by atoms with Crippen molar-refractivity contribution in [2.24, 2.45) is 0 Å². The Labute approximate surface area is 118 Å². The smallest absolute Gasteiger partial charge is 0.316 e. The van der Waals surface area contributed by atoms with E-state index < -0.39 is 48.6 Å². The maximum atomic E-state index is 11.8. The summed E-state index contributed by atoms with van der Waals surface area (Å²) in [7, 11) is -2.38. The molecule has 9 nitrogen and oxygen atoms in total. The predicted octanol–water partition coefficient (Wildman–Crippen LogP) is 1.42. The summed E-state index contributed by atoms with van der Waals surface area (Å²) >= 11 is 1.04. The molecule has 1 N–H and O–H groups in total. The number of thioether (sulfide) groups is 1. The van der Waals surface area contributed by atoms with Crippen LogP contribution < -0.4 is 0 Å². The van der Waals surface area contributed by atoms with Gasteiger partial charge < -0.3 is 5.11 Å². The van der Waals surface area contributed by atoms with Crippen LogP contribution in [0.4, 0.5) is 11.4 Å². The number of nitrogens with zero attached hydrogens (tertiary/aromatic N) is 2. The first-order valence-corrected chi connectivity index (χ1v) is 7.43. The number of nitro groups is 2. The number of carbonyl (C=O) groups is 1. The summed E-state index contributed by atoms with van der Waals surface area (Å²) in [5, 5.41) is 30.5. The number of hydrogen-bond donors (Lipinski definition) is 1. The average Bonchev–Trinajstić information content (AvgIpc) is 2.35. The van der Waals surface area contributed by atoms with E-state index in [0.717, 1.165) is 23.9 Å². The zero-order valence-corrected chi connectivity index (χ0v) is 11.6. The second kappa shape index (κ2) is 6.43. The van der Waals surface area contributed by atoms with E-state index in [1.807, 2.05) is 0 Å². The number of nitro benzene ring substituents is 2. The monoisotopic (exact) mass is 320 g/mol. The molecule has 0 fully saturated rings. The fourth-order valence-electron chi connectivity index (χ4n) is 1.38. The molecule has 0 saturated heterocycles. The van der Waals surface area contributed by atoms with Gasteiger partial charge in [0.1, 0.15) is 5.75 Å². The molecular formula is C9H8N2O7S2. The second-order valence-electron chi connectivity index (χ2n) is 3.39. The third-order valence-electron chi connectivity index (χ3n) is 2.13. The lowest BCUT2D eigenvalue weighted by Gasteiger charge is -2.05. The zero-order chi connectivity index (χ0) is 15.4. The van der Waals surface area contributed by atoms with Gasteiger partial charge in [0, 0.05) is 17.0 Å². The van der Waals surface area contributed by atoms with Gasteiger partial charge in [-0.25, -0.2) is 0 Å². The summed E-state index contributed by atoms with van der Waals surface area (Å²) in [5.41, 5.74) is -1.44. The van der Waals surface area contributed by atoms with Crippen LogP contribution in [-0.2, 0) is 15.6 Å². The number of carboxylic acids is 1. The van der Waals surface area contributed by atoms with Crippen molar-refractivity contribution in [3.63, 3.8) is 0 Å². The predicted molar refractivity (Wildman–Crippen MR) is 70.4 cm³/mol. The normalized spacial score (nSPS) is 11.8. The summed E-state index contributed by atoms with van der Waals surface area (Å²) in [5.74, 6) is -2.42. The third-order valence-corrected chi connectivity index (χ3v) is 4.22. The summed E-state index contributed by atoms with van der Waals surface area (Å²) in [6.07, 6.45) is 1.57. The Balaban J connectivity index is 3.59. The molecule has 1 aromatic rings. The molecule has 0 saturated carbocycles. The molecule has 108 valence electrons. The van der Waals surface area contributed by atoms with Gasteiger partial charge in [-0.05, 0) is 6.26 Å². The number of rotatable bonds is 6. The topological polar surface area (TPSA) is 141 Å². The molecule has 0 aliphatic heterocycles. The molecule has 20 heavy (non-hydrogen) atoms. The molecule has 0 amide bonds. The van der Waals surface area contributed by atoms with E-state index in [-0.39, 0.29) is 4.90 Å².